The molecule has 0 saturated carbocycles. The van der Waals surface area contributed by atoms with E-state index in [2.05, 4.69) is 0 Å². The molecule has 0 atom stereocenters. The maximum Gasteiger partial charge on any atom is 0.306 e. The van der Waals surface area contributed by atoms with Crippen LogP contribution in [0.25, 0.3) is 10.4 Å². The van der Waals surface area contributed by atoms with Crippen LogP contribution in [0.3, 0.4) is 0 Å². The summed E-state index contributed by atoms with van der Waals surface area (Å²) in [5, 5.41) is 0. The van der Waals surface area contributed by atoms with Crippen molar-refractivity contribution >= 4 is 21.5 Å². The molecule has 0 radical (unpaired) electrons. The van der Waals surface area contributed by atoms with Gasteiger partial charge in [-0.15, -0.1) is 11.3 Å². The normalized spacial score (nSPS) is 12.6. The highest BCUT2D eigenvalue weighted by atomic mass is 32.3. The summed E-state index contributed by atoms with van der Waals surface area (Å²) in [5.41, 5.74) is 0.821. The highest BCUT2D eigenvalue weighted by molar-refractivity contribution is 7.89. The third-order valence-corrected chi connectivity index (χ3v) is 5.38. The predicted octanol–water partition coefficient (Wildman–Crippen LogP) is 4.17. The van der Waals surface area contributed by atoms with Crippen LogP contribution in [0.1, 0.15) is 20.8 Å². The van der Waals surface area contributed by atoms with E-state index in [-0.39, 0.29) is 16.2 Å². The van der Waals surface area contributed by atoms with Crippen LogP contribution in [-0.4, -0.2) is 15.0 Å². The Labute approximate surface area is 124 Å². The van der Waals surface area contributed by atoms with Crippen molar-refractivity contribution in [3.8, 4) is 10.4 Å². The number of thiophene rings is 1. The van der Waals surface area contributed by atoms with Crippen molar-refractivity contribution in [1.29, 1.82) is 0 Å². The molecule has 0 fully saturated rings. The Kier molecular flexibility index (Phi) is 4.32. The lowest BCUT2D eigenvalue weighted by Crippen LogP contribution is -2.18. The third-order valence-electron chi connectivity index (χ3n) is 2.53. The van der Waals surface area contributed by atoms with Crippen molar-refractivity contribution in [1.82, 2.24) is 0 Å². The summed E-state index contributed by atoms with van der Waals surface area (Å²) in [6.07, 6.45) is 0. The molecule has 1 aromatic carbocycles. The maximum absolute atomic E-state index is 12.1. The Morgan fingerprint density at radius 1 is 1.05 bits per heavy atom. The summed E-state index contributed by atoms with van der Waals surface area (Å²) in [6.45, 7) is 5.99. The molecule has 0 amide bonds. The lowest BCUT2D eigenvalue weighted by Gasteiger charge is -2.17. The molecule has 0 bridgehead atoms. The van der Waals surface area contributed by atoms with Gasteiger partial charge >= 0.3 is 10.1 Å². The quantitative estimate of drug-likeness (QED) is 0.796. The standard InChI is InChI=1S/C15H18O3S2/c1-15(2,3)11-18-20(16,17)14-10-9-13(19-14)12-7-5-4-6-8-12/h4-10H,11H2,1-3H3. The Morgan fingerprint density at radius 3 is 2.30 bits per heavy atom. The van der Waals surface area contributed by atoms with Crippen LogP contribution in [0.5, 0.6) is 0 Å². The summed E-state index contributed by atoms with van der Waals surface area (Å²) in [4.78, 5) is 0.920. The van der Waals surface area contributed by atoms with Crippen LogP contribution < -0.4 is 0 Å². The molecule has 0 aliphatic heterocycles. The van der Waals surface area contributed by atoms with E-state index in [0.717, 1.165) is 10.4 Å². The van der Waals surface area contributed by atoms with Gasteiger partial charge in [-0.1, -0.05) is 51.1 Å². The average molecular weight is 310 g/mol. The fourth-order valence-corrected chi connectivity index (χ4v) is 3.95. The van der Waals surface area contributed by atoms with Crippen LogP contribution in [-0.2, 0) is 14.3 Å². The van der Waals surface area contributed by atoms with Crippen molar-refractivity contribution < 1.29 is 12.6 Å². The topological polar surface area (TPSA) is 43.4 Å². The Balaban J connectivity index is 2.20. The van der Waals surface area contributed by atoms with E-state index in [9.17, 15) is 8.42 Å². The summed E-state index contributed by atoms with van der Waals surface area (Å²) < 4.78 is 29.6. The van der Waals surface area contributed by atoms with Gasteiger partial charge in [-0.25, -0.2) is 0 Å². The second kappa shape index (κ2) is 5.68. The molecule has 108 valence electrons. The zero-order valence-electron chi connectivity index (χ0n) is 11.8. The minimum atomic E-state index is -3.66. The van der Waals surface area contributed by atoms with Crippen LogP contribution in [0.15, 0.2) is 46.7 Å². The molecule has 0 unspecified atom stereocenters. The Morgan fingerprint density at radius 2 is 1.70 bits per heavy atom. The molecular formula is C15H18O3S2. The van der Waals surface area contributed by atoms with Crippen LogP contribution >= 0.6 is 11.3 Å². The largest absolute Gasteiger partial charge is 0.306 e. The van der Waals surface area contributed by atoms with Crippen LogP contribution in [0.4, 0.5) is 0 Å². The number of hydrogen-bond donors (Lipinski definition) is 0. The van der Waals surface area contributed by atoms with Crippen LogP contribution in [0, 0.1) is 5.41 Å². The minimum Gasteiger partial charge on any atom is -0.265 e. The molecule has 20 heavy (non-hydrogen) atoms. The molecule has 2 rings (SSSR count). The number of rotatable bonds is 4. The van der Waals surface area contributed by atoms with E-state index >= 15 is 0 Å². The van der Waals surface area contributed by atoms with Gasteiger partial charge < -0.3 is 0 Å². The lowest BCUT2D eigenvalue weighted by molar-refractivity contribution is 0.204. The molecule has 5 heteroatoms. The second-order valence-electron chi connectivity index (χ2n) is 5.76. The number of hydrogen-bond acceptors (Lipinski definition) is 4. The van der Waals surface area contributed by atoms with E-state index < -0.39 is 10.1 Å². The van der Waals surface area contributed by atoms with E-state index in [1.54, 1.807) is 6.07 Å². The van der Waals surface area contributed by atoms with Gasteiger partial charge in [0.15, 0.2) is 0 Å². The highest BCUT2D eigenvalue weighted by Crippen LogP contribution is 2.32. The first-order valence-corrected chi connectivity index (χ1v) is 8.55. The zero-order valence-corrected chi connectivity index (χ0v) is 13.4. The van der Waals surface area contributed by atoms with Crippen molar-refractivity contribution in [2.24, 2.45) is 5.41 Å². The Bertz CT molecular complexity index is 665. The van der Waals surface area contributed by atoms with Crippen LogP contribution in [0.2, 0.25) is 0 Å². The first kappa shape index (κ1) is 15.2. The van der Waals surface area contributed by atoms with E-state index in [0.29, 0.717) is 0 Å². The monoisotopic (exact) mass is 310 g/mol. The predicted molar refractivity (Wildman–Crippen MR) is 82.3 cm³/mol. The van der Waals surface area contributed by atoms with Gasteiger partial charge in [0.1, 0.15) is 4.21 Å². The lowest BCUT2D eigenvalue weighted by atomic mass is 9.99. The first-order valence-electron chi connectivity index (χ1n) is 6.33. The van der Waals surface area contributed by atoms with Crippen molar-refractivity contribution in [3.63, 3.8) is 0 Å². The van der Waals surface area contributed by atoms with Gasteiger partial charge in [0.25, 0.3) is 0 Å². The summed E-state index contributed by atoms with van der Waals surface area (Å²) in [5.74, 6) is 0. The summed E-state index contributed by atoms with van der Waals surface area (Å²) in [6, 6.07) is 13.1. The second-order valence-corrected chi connectivity index (χ2v) is 8.69. The minimum absolute atomic E-state index is 0.175. The molecule has 1 heterocycles. The van der Waals surface area contributed by atoms with Crippen molar-refractivity contribution in [3.05, 3.63) is 42.5 Å². The molecule has 0 aliphatic rings. The Hall–Kier alpha value is -1.17. The summed E-state index contributed by atoms with van der Waals surface area (Å²) in [7, 11) is -3.66. The smallest absolute Gasteiger partial charge is 0.265 e. The van der Waals surface area contributed by atoms with E-state index in [4.69, 9.17) is 4.18 Å². The van der Waals surface area contributed by atoms with E-state index in [1.165, 1.54) is 11.3 Å². The zero-order chi connectivity index (χ0) is 14.8. The molecule has 0 N–H and O–H groups in total. The van der Waals surface area contributed by atoms with Crippen molar-refractivity contribution in [2.75, 3.05) is 6.61 Å². The van der Waals surface area contributed by atoms with Gasteiger partial charge in [0.2, 0.25) is 0 Å². The highest BCUT2D eigenvalue weighted by Gasteiger charge is 2.22. The summed E-state index contributed by atoms with van der Waals surface area (Å²) >= 11 is 1.23. The fourth-order valence-electron chi connectivity index (χ4n) is 1.52. The molecule has 2 aromatic rings. The van der Waals surface area contributed by atoms with Gasteiger partial charge in [0.05, 0.1) is 6.61 Å². The molecule has 3 nitrogen and oxygen atoms in total. The molecule has 0 aliphatic carbocycles. The maximum atomic E-state index is 12.1. The van der Waals surface area contributed by atoms with Gasteiger partial charge in [0, 0.05) is 4.88 Å². The van der Waals surface area contributed by atoms with Gasteiger partial charge in [-0.3, -0.25) is 4.18 Å². The third kappa shape index (κ3) is 3.91. The van der Waals surface area contributed by atoms with Gasteiger partial charge in [-0.2, -0.15) is 8.42 Å². The van der Waals surface area contributed by atoms with Gasteiger partial charge in [-0.05, 0) is 23.1 Å². The molecule has 0 saturated heterocycles. The van der Waals surface area contributed by atoms with E-state index in [1.807, 2.05) is 57.2 Å². The average Bonchev–Trinajstić information content (AvgIpc) is 2.87. The SMILES string of the molecule is CC(C)(C)COS(=O)(=O)c1ccc(-c2ccccc2)s1. The first-order chi connectivity index (χ1) is 9.28. The van der Waals surface area contributed by atoms with Crippen molar-refractivity contribution in [2.45, 2.75) is 25.0 Å². The molecule has 1 aromatic heterocycles. The molecular weight excluding hydrogens is 292 g/mol. The fraction of sp³-hybridized carbons (Fsp3) is 0.333. The number of benzene rings is 1. The molecule has 0 spiro atoms.